The molecule has 1 aliphatic rings. The largest absolute Gasteiger partial charge is 0.374 e. The maximum absolute atomic E-state index is 12.1. The number of likely N-dealkylation sites (tertiary alicyclic amines) is 1. The second-order valence-electron chi connectivity index (χ2n) is 7.35. The SMILES string of the molecule is CN=C(NCCCOC(C)c1ccccc1)NC1CCN(C(=O)C(C)C)C1.I. The Morgan fingerprint density at radius 2 is 2.00 bits per heavy atom. The first-order chi connectivity index (χ1) is 13.0. The number of benzene rings is 1. The number of nitrogens with one attached hydrogen (secondary N) is 2. The summed E-state index contributed by atoms with van der Waals surface area (Å²) in [6.45, 7) is 9.02. The van der Waals surface area contributed by atoms with Gasteiger partial charge in [0.1, 0.15) is 0 Å². The molecule has 0 radical (unpaired) electrons. The number of amides is 1. The molecule has 0 bridgehead atoms. The number of hydrogen-bond donors (Lipinski definition) is 2. The van der Waals surface area contributed by atoms with Crippen molar-refractivity contribution in [2.75, 3.05) is 33.3 Å². The summed E-state index contributed by atoms with van der Waals surface area (Å²) >= 11 is 0. The molecule has 2 N–H and O–H groups in total. The molecule has 1 fully saturated rings. The number of carbonyl (C=O) groups excluding carboxylic acids is 1. The summed E-state index contributed by atoms with van der Waals surface area (Å²) in [5.74, 6) is 1.07. The number of guanidine groups is 1. The maximum atomic E-state index is 12.1. The number of rotatable bonds is 8. The molecule has 2 atom stereocenters. The van der Waals surface area contributed by atoms with Gasteiger partial charge < -0.3 is 20.3 Å². The van der Waals surface area contributed by atoms with Gasteiger partial charge >= 0.3 is 0 Å². The van der Waals surface area contributed by atoms with Crippen LogP contribution in [0.4, 0.5) is 0 Å². The first-order valence-corrected chi connectivity index (χ1v) is 9.93. The van der Waals surface area contributed by atoms with Crippen molar-refractivity contribution in [2.24, 2.45) is 10.9 Å². The second kappa shape index (κ2) is 13.0. The van der Waals surface area contributed by atoms with Crippen LogP contribution in [-0.2, 0) is 9.53 Å². The van der Waals surface area contributed by atoms with Crippen molar-refractivity contribution in [1.29, 1.82) is 0 Å². The molecule has 1 aliphatic heterocycles. The van der Waals surface area contributed by atoms with Crippen molar-refractivity contribution in [3.05, 3.63) is 35.9 Å². The average molecular weight is 502 g/mol. The molecule has 0 saturated carbocycles. The predicted molar refractivity (Wildman–Crippen MR) is 125 cm³/mol. The summed E-state index contributed by atoms with van der Waals surface area (Å²) in [6.07, 6.45) is 1.96. The average Bonchev–Trinajstić information content (AvgIpc) is 3.15. The van der Waals surface area contributed by atoms with Gasteiger partial charge in [0.25, 0.3) is 0 Å². The number of hydrogen-bond acceptors (Lipinski definition) is 3. The molecule has 0 spiro atoms. The molecule has 1 heterocycles. The zero-order chi connectivity index (χ0) is 19.6. The fourth-order valence-corrected chi connectivity index (χ4v) is 3.19. The molecule has 0 aromatic heterocycles. The van der Waals surface area contributed by atoms with Crippen LogP contribution in [-0.4, -0.2) is 56.1 Å². The van der Waals surface area contributed by atoms with Gasteiger partial charge in [-0.25, -0.2) is 0 Å². The first-order valence-electron chi connectivity index (χ1n) is 9.93. The third-order valence-corrected chi connectivity index (χ3v) is 4.81. The highest BCUT2D eigenvalue weighted by atomic mass is 127. The van der Waals surface area contributed by atoms with E-state index in [-0.39, 0.29) is 47.9 Å². The van der Waals surface area contributed by atoms with Gasteiger partial charge in [-0.15, -0.1) is 24.0 Å². The van der Waals surface area contributed by atoms with Crippen LogP contribution in [0.3, 0.4) is 0 Å². The van der Waals surface area contributed by atoms with Gasteiger partial charge in [0.15, 0.2) is 5.96 Å². The Morgan fingerprint density at radius 3 is 2.64 bits per heavy atom. The topological polar surface area (TPSA) is 66.0 Å². The zero-order valence-corrected chi connectivity index (χ0v) is 19.8. The van der Waals surface area contributed by atoms with E-state index in [0.29, 0.717) is 6.61 Å². The second-order valence-corrected chi connectivity index (χ2v) is 7.35. The van der Waals surface area contributed by atoms with Gasteiger partial charge in [0.05, 0.1) is 6.10 Å². The zero-order valence-electron chi connectivity index (χ0n) is 17.5. The molecule has 158 valence electrons. The Bertz CT molecular complexity index is 610. The van der Waals surface area contributed by atoms with E-state index in [9.17, 15) is 4.79 Å². The van der Waals surface area contributed by atoms with Crippen molar-refractivity contribution in [3.63, 3.8) is 0 Å². The molecule has 1 amide bonds. The lowest BCUT2D eigenvalue weighted by molar-refractivity contribution is -0.133. The highest BCUT2D eigenvalue weighted by Crippen LogP contribution is 2.16. The molecule has 1 saturated heterocycles. The summed E-state index contributed by atoms with van der Waals surface area (Å²) in [4.78, 5) is 18.3. The number of nitrogens with zero attached hydrogens (tertiary/aromatic N) is 2. The van der Waals surface area contributed by atoms with Crippen LogP contribution >= 0.6 is 24.0 Å². The van der Waals surface area contributed by atoms with E-state index in [0.717, 1.165) is 38.4 Å². The van der Waals surface area contributed by atoms with Crippen molar-refractivity contribution in [2.45, 2.75) is 45.8 Å². The van der Waals surface area contributed by atoms with E-state index in [2.05, 4.69) is 34.7 Å². The lowest BCUT2D eigenvalue weighted by Gasteiger charge is -2.20. The molecule has 28 heavy (non-hydrogen) atoms. The highest BCUT2D eigenvalue weighted by molar-refractivity contribution is 14.0. The lowest BCUT2D eigenvalue weighted by Crippen LogP contribution is -2.45. The van der Waals surface area contributed by atoms with E-state index in [4.69, 9.17) is 4.74 Å². The summed E-state index contributed by atoms with van der Waals surface area (Å²) in [5.41, 5.74) is 1.20. The first kappa shape index (κ1) is 24.7. The molecule has 6 nitrogen and oxygen atoms in total. The lowest BCUT2D eigenvalue weighted by atomic mass is 10.1. The van der Waals surface area contributed by atoms with Gasteiger partial charge in [-0.3, -0.25) is 9.79 Å². The summed E-state index contributed by atoms with van der Waals surface area (Å²) in [7, 11) is 1.77. The fraction of sp³-hybridized carbons (Fsp3) is 0.619. The van der Waals surface area contributed by atoms with Crippen LogP contribution in [0.2, 0.25) is 0 Å². The van der Waals surface area contributed by atoms with Gasteiger partial charge in [0.2, 0.25) is 5.91 Å². The minimum Gasteiger partial charge on any atom is -0.374 e. The molecular weight excluding hydrogens is 467 g/mol. The van der Waals surface area contributed by atoms with Crippen LogP contribution in [0.15, 0.2) is 35.3 Å². The maximum Gasteiger partial charge on any atom is 0.225 e. The molecule has 2 unspecified atom stereocenters. The highest BCUT2D eigenvalue weighted by Gasteiger charge is 2.27. The Labute approximate surface area is 186 Å². The van der Waals surface area contributed by atoms with Gasteiger partial charge in [0, 0.05) is 45.2 Å². The van der Waals surface area contributed by atoms with E-state index in [1.807, 2.05) is 36.9 Å². The number of carbonyl (C=O) groups is 1. The molecule has 7 heteroatoms. The molecular formula is C21H35IN4O2. The number of ether oxygens (including phenoxy) is 1. The molecule has 0 aliphatic carbocycles. The summed E-state index contributed by atoms with van der Waals surface area (Å²) in [6, 6.07) is 10.5. The van der Waals surface area contributed by atoms with E-state index < -0.39 is 0 Å². The quantitative estimate of drug-likeness (QED) is 0.248. The minimum atomic E-state index is 0. The molecule has 2 rings (SSSR count). The van der Waals surface area contributed by atoms with Crippen molar-refractivity contribution in [1.82, 2.24) is 15.5 Å². The Hall–Kier alpha value is -1.35. The normalized spacial score (nSPS) is 18.0. The Morgan fingerprint density at radius 1 is 1.29 bits per heavy atom. The monoisotopic (exact) mass is 502 g/mol. The van der Waals surface area contributed by atoms with E-state index >= 15 is 0 Å². The van der Waals surface area contributed by atoms with Gasteiger partial charge in [-0.05, 0) is 25.3 Å². The van der Waals surface area contributed by atoms with Crippen molar-refractivity contribution in [3.8, 4) is 0 Å². The van der Waals surface area contributed by atoms with Crippen LogP contribution in [0.1, 0.15) is 45.3 Å². The number of aliphatic imine (C=N–C) groups is 1. The Kier molecular flexibility index (Phi) is 11.4. The predicted octanol–water partition coefficient (Wildman–Crippen LogP) is 3.19. The van der Waals surface area contributed by atoms with Crippen LogP contribution in [0, 0.1) is 5.92 Å². The molecule has 1 aromatic carbocycles. The third kappa shape index (κ3) is 7.95. The number of halogens is 1. The summed E-state index contributed by atoms with van der Waals surface area (Å²) in [5, 5.41) is 6.75. The van der Waals surface area contributed by atoms with E-state index in [1.165, 1.54) is 5.56 Å². The van der Waals surface area contributed by atoms with Gasteiger partial charge in [-0.1, -0.05) is 44.2 Å². The van der Waals surface area contributed by atoms with Crippen LogP contribution in [0.25, 0.3) is 0 Å². The van der Waals surface area contributed by atoms with Crippen LogP contribution < -0.4 is 10.6 Å². The van der Waals surface area contributed by atoms with Crippen LogP contribution in [0.5, 0.6) is 0 Å². The molecule has 1 aromatic rings. The fourth-order valence-electron chi connectivity index (χ4n) is 3.19. The van der Waals surface area contributed by atoms with E-state index in [1.54, 1.807) is 7.05 Å². The Balaban J connectivity index is 0.00000392. The van der Waals surface area contributed by atoms with Crippen molar-refractivity contribution >= 4 is 35.8 Å². The smallest absolute Gasteiger partial charge is 0.225 e. The standard InChI is InChI=1S/C21H34N4O2.HI/c1-16(2)20(26)25-13-11-19(15-25)24-21(22-4)23-12-8-14-27-17(3)18-9-6-5-7-10-18;/h5-7,9-10,16-17,19H,8,11-15H2,1-4H3,(H2,22,23,24);1H. The van der Waals surface area contributed by atoms with Gasteiger partial charge in [-0.2, -0.15) is 0 Å². The third-order valence-electron chi connectivity index (χ3n) is 4.81. The summed E-state index contributed by atoms with van der Waals surface area (Å²) < 4.78 is 5.90. The minimum absolute atomic E-state index is 0. The van der Waals surface area contributed by atoms with Crippen molar-refractivity contribution < 1.29 is 9.53 Å².